The van der Waals surface area contributed by atoms with Crippen LogP contribution in [0.1, 0.15) is 21.6 Å². The van der Waals surface area contributed by atoms with Crippen molar-refractivity contribution in [3.63, 3.8) is 0 Å². The summed E-state index contributed by atoms with van der Waals surface area (Å²) in [6.45, 7) is 3.96. The van der Waals surface area contributed by atoms with Crippen LogP contribution in [0.2, 0.25) is 0 Å². The maximum atomic E-state index is 11.7. The predicted molar refractivity (Wildman–Crippen MR) is 60.3 cm³/mol. The molecule has 1 aromatic carbocycles. The largest absolute Gasteiger partial charge is 0.320 e. The summed E-state index contributed by atoms with van der Waals surface area (Å²) in [6, 6.07) is 5.84. The van der Waals surface area contributed by atoms with Gasteiger partial charge in [-0.2, -0.15) is 15.4 Å². The van der Waals surface area contributed by atoms with Crippen molar-refractivity contribution in [2.45, 2.75) is 13.8 Å². The van der Waals surface area contributed by atoms with Crippen LogP contribution < -0.4 is 5.32 Å². The molecule has 0 atom stereocenters. The molecule has 0 saturated carbocycles. The summed E-state index contributed by atoms with van der Waals surface area (Å²) in [5.74, 6) is -0.263. The molecule has 0 aliphatic heterocycles. The standard InChI is InChI=1S/C11H12N4O/c1-7-3-4-9(8(2)5-7)13-11(16)10-6-12-15-14-10/h3-6H,1-2H3,(H,13,16)(H,12,14,15). The van der Waals surface area contributed by atoms with Gasteiger partial charge in [-0.1, -0.05) is 17.7 Å². The van der Waals surface area contributed by atoms with Crippen molar-refractivity contribution in [2.24, 2.45) is 0 Å². The maximum Gasteiger partial charge on any atom is 0.277 e. The van der Waals surface area contributed by atoms with Gasteiger partial charge < -0.3 is 5.32 Å². The fourth-order valence-corrected chi connectivity index (χ4v) is 1.45. The topological polar surface area (TPSA) is 70.7 Å². The Morgan fingerprint density at radius 3 is 2.81 bits per heavy atom. The van der Waals surface area contributed by atoms with Crippen molar-refractivity contribution in [1.82, 2.24) is 15.4 Å². The molecule has 5 heteroatoms. The maximum absolute atomic E-state index is 11.7. The lowest BCUT2D eigenvalue weighted by Gasteiger charge is -2.07. The van der Waals surface area contributed by atoms with E-state index in [2.05, 4.69) is 20.7 Å². The lowest BCUT2D eigenvalue weighted by Crippen LogP contribution is -2.13. The zero-order valence-corrected chi connectivity index (χ0v) is 9.11. The SMILES string of the molecule is Cc1ccc(NC(=O)c2cn[nH]n2)c(C)c1. The van der Waals surface area contributed by atoms with Crippen LogP contribution in [0.15, 0.2) is 24.4 Å². The second-order valence-corrected chi connectivity index (χ2v) is 3.63. The van der Waals surface area contributed by atoms with Crippen molar-refractivity contribution in [3.8, 4) is 0 Å². The highest BCUT2D eigenvalue weighted by Gasteiger charge is 2.09. The number of anilines is 1. The minimum absolute atomic E-state index is 0.263. The first-order valence-corrected chi connectivity index (χ1v) is 4.91. The quantitative estimate of drug-likeness (QED) is 0.802. The number of carbonyl (C=O) groups excluding carboxylic acids is 1. The van der Waals surface area contributed by atoms with Crippen molar-refractivity contribution in [2.75, 3.05) is 5.32 Å². The van der Waals surface area contributed by atoms with Gasteiger partial charge in [0, 0.05) is 5.69 Å². The Morgan fingerprint density at radius 2 is 2.19 bits per heavy atom. The molecular formula is C11H12N4O. The molecule has 2 rings (SSSR count). The van der Waals surface area contributed by atoms with E-state index in [-0.39, 0.29) is 11.6 Å². The molecule has 0 fully saturated rings. The number of carbonyl (C=O) groups is 1. The van der Waals surface area contributed by atoms with Gasteiger partial charge in [-0.25, -0.2) is 0 Å². The van der Waals surface area contributed by atoms with E-state index in [1.54, 1.807) is 0 Å². The first-order chi connectivity index (χ1) is 7.66. The molecule has 2 aromatic rings. The normalized spacial score (nSPS) is 10.1. The molecule has 82 valence electrons. The van der Waals surface area contributed by atoms with Crippen molar-refractivity contribution >= 4 is 11.6 Å². The molecule has 0 aliphatic carbocycles. The first kappa shape index (κ1) is 10.4. The predicted octanol–water partition coefficient (Wildman–Crippen LogP) is 1.67. The number of nitrogens with zero attached hydrogens (tertiary/aromatic N) is 2. The lowest BCUT2D eigenvalue weighted by molar-refractivity contribution is 0.102. The third-order valence-corrected chi connectivity index (χ3v) is 2.28. The van der Waals surface area contributed by atoms with Crippen molar-refractivity contribution < 1.29 is 4.79 Å². The number of H-pyrrole nitrogens is 1. The number of nitrogens with one attached hydrogen (secondary N) is 2. The van der Waals surface area contributed by atoms with E-state index < -0.39 is 0 Å². The average Bonchev–Trinajstić information content (AvgIpc) is 2.75. The van der Waals surface area contributed by atoms with E-state index in [0.717, 1.165) is 16.8 Å². The number of rotatable bonds is 2. The number of aryl methyl sites for hydroxylation is 2. The van der Waals surface area contributed by atoms with Crippen LogP contribution in [0.5, 0.6) is 0 Å². The van der Waals surface area contributed by atoms with Gasteiger partial charge in [0.05, 0.1) is 6.20 Å². The molecule has 5 nitrogen and oxygen atoms in total. The zero-order valence-electron chi connectivity index (χ0n) is 9.11. The Balaban J connectivity index is 2.18. The van der Waals surface area contributed by atoms with Gasteiger partial charge in [0.15, 0.2) is 5.69 Å². The third-order valence-electron chi connectivity index (χ3n) is 2.28. The molecule has 0 aliphatic rings. The number of aromatic amines is 1. The van der Waals surface area contributed by atoms with Crippen LogP contribution in [0.3, 0.4) is 0 Å². The minimum Gasteiger partial charge on any atom is -0.320 e. The van der Waals surface area contributed by atoms with Crippen LogP contribution in [-0.2, 0) is 0 Å². The summed E-state index contributed by atoms with van der Waals surface area (Å²) in [5, 5.41) is 12.5. The van der Waals surface area contributed by atoms with Crippen molar-refractivity contribution in [1.29, 1.82) is 0 Å². The second kappa shape index (κ2) is 4.14. The van der Waals surface area contributed by atoms with Crippen molar-refractivity contribution in [3.05, 3.63) is 41.2 Å². The molecular weight excluding hydrogens is 204 g/mol. The summed E-state index contributed by atoms with van der Waals surface area (Å²) < 4.78 is 0. The van der Waals surface area contributed by atoms with Gasteiger partial charge >= 0.3 is 0 Å². The number of hydrogen-bond donors (Lipinski definition) is 2. The Kier molecular flexibility index (Phi) is 2.68. The molecule has 0 bridgehead atoms. The number of amides is 1. The first-order valence-electron chi connectivity index (χ1n) is 4.91. The molecule has 0 unspecified atom stereocenters. The van der Waals surface area contributed by atoms with E-state index in [1.165, 1.54) is 6.20 Å². The lowest BCUT2D eigenvalue weighted by atomic mass is 10.1. The van der Waals surface area contributed by atoms with E-state index >= 15 is 0 Å². The summed E-state index contributed by atoms with van der Waals surface area (Å²) in [6.07, 6.45) is 1.39. The van der Waals surface area contributed by atoms with E-state index in [0.29, 0.717) is 0 Å². The average molecular weight is 216 g/mol. The molecule has 2 N–H and O–H groups in total. The van der Waals surface area contributed by atoms with Crippen LogP contribution in [0.25, 0.3) is 0 Å². The van der Waals surface area contributed by atoms with Crippen LogP contribution in [0.4, 0.5) is 5.69 Å². The van der Waals surface area contributed by atoms with Gasteiger partial charge in [-0.3, -0.25) is 4.79 Å². The Morgan fingerprint density at radius 1 is 1.38 bits per heavy atom. The number of aromatic nitrogens is 3. The summed E-state index contributed by atoms with van der Waals surface area (Å²) in [5.41, 5.74) is 3.26. The number of hydrogen-bond acceptors (Lipinski definition) is 3. The van der Waals surface area contributed by atoms with Crippen LogP contribution >= 0.6 is 0 Å². The van der Waals surface area contributed by atoms with E-state index in [1.807, 2.05) is 32.0 Å². The molecule has 1 amide bonds. The van der Waals surface area contributed by atoms with Gasteiger partial charge in [-0.05, 0) is 25.5 Å². The summed E-state index contributed by atoms with van der Waals surface area (Å²) in [4.78, 5) is 11.7. The summed E-state index contributed by atoms with van der Waals surface area (Å²) in [7, 11) is 0. The van der Waals surface area contributed by atoms with Gasteiger partial charge in [-0.15, -0.1) is 0 Å². The fraction of sp³-hybridized carbons (Fsp3) is 0.182. The van der Waals surface area contributed by atoms with Gasteiger partial charge in [0.25, 0.3) is 5.91 Å². The highest BCUT2D eigenvalue weighted by atomic mass is 16.2. The molecule has 0 spiro atoms. The second-order valence-electron chi connectivity index (χ2n) is 3.63. The monoisotopic (exact) mass is 216 g/mol. The smallest absolute Gasteiger partial charge is 0.277 e. The van der Waals surface area contributed by atoms with E-state index in [4.69, 9.17) is 0 Å². The zero-order chi connectivity index (χ0) is 11.5. The Hall–Kier alpha value is -2.17. The molecule has 16 heavy (non-hydrogen) atoms. The van der Waals surface area contributed by atoms with Crippen LogP contribution in [-0.4, -0.2) is 21.3 Å². The highest BCUT2D eigenvalue weighted by Crippen LogP contribution is 2.16. The van der Waals surface area contributed by atoms with Gasteiger partial charge in [0.1, 0.15) is 0 Å². The highest BCUT2D eigenvalue weighted by molar-refractivity contribution is 6.02. The van der Waals surface area contributed by atoms with Crippen LogP contribution in [0, 0.1) is 13.8 Å². The molecule has 0 radical (unpaired) electrons. The number of benzene rings is 1. The molecule has 1 aromatic heterocycles. The Bertz CT molecular complexity index is 505. The Labute approximate surface area is 92.9 Å². The van der Waals surface area contributed by atoms with E-state index in [9.17, 15) is 4.79 Å². The fourth-order valence-electron chi connectivity index (χ4n) is 1.45. The molecule has 0 saturated heterocycles. The molecule has 1 heterocycles. The minimum atomic E-state index is -0.263. The van der Waals surface area contributed by atoms with Gasteiger partial charge in [0.2, 0.25) is 0 Å². The third kappa shape index (κ3) is 2.08. The summed E-state index contributed by atoms with van der Waals surface area (Å²) >= 11 is 0.